The molecular weight excluding hydrogens is 580 g/mol. The van der Waals surface area contributed by atoms with Gasteiger partial charge < -0.3 is 30.2 Å². The number of aliphatic hydroxyl groups excluding tert-OH is 1. The van der Waals surface area contributed by atoms with Crippen molar-refractivity contribution in [3.63, 3.8) is 0 Å². The van der Waals surface area contributed by atoms with Crippen LogP contribution < -0.4 is 15.4 Å². The van der Waals surface area contributed by atoms with Gasteiger partial charge in [-0.15, -0.1) is 0 Å². The maximum absolute atomic E-state index is 14.1. The molecule has 3 aromatic carbocycles. The molecule has 0 aromatic heterocycles. The van der Waals surface area contributed by atoms with E-state index in [0.717, 1.165) is 36.6 Å². The lowest BCUT2D eigenvalue weighted by Gasteiger charge is -2.28. The lowest BCUT2D eigenvalue weighted by atomic mass is 9.91. The Labute approximate surface area is 263 Å². The Morgan fingerprint density at radius 3 is 2.24 bits per heavy atom. The second-order valence-corrected chi connectivity index (χ2v) is 11.2. The third-order valence-corrected chi connectivity index (χ3v) is 7.42. The van der Waals surface area contributed by atoms with Gasteiger partial charge in [0.25, 0.3) is 11.8 Å². The number of hydrogen-bond donors (Lipinski definition) is 3. The fraction of sp³-hybridized carbons (Fsp3) is 0.400. The van der Waals surface area contributed by atoms with Gasteiger partial charge in [0.05, 0.1) is 25.2 Å². The highest BCUT2D eigenvalue weighted by Gasteiger charge is 2.30. The number of carbonyl (C=O) groups excluding carboxylic acids is 3. The van der Waals surface area contributed by atoms with E-state index in [0.29, 0.717) is 42.8 Å². The maximum Gasteiger partial charge on any atom is 0.253 e. The van der Waals surface area contributed by atoms with Gasteiger partial charge in [-0.3, -0.25) is 9.59 Å². The van der Waals surface area contributed by atoms with E-state index in [2.05, 4.69) is 10.6 Å². The van der Waals surface area contributed by atoms with Gasteiger partial charge in [0.15, 0.2) is 0 Å². The number of hydrogen-bond acceptors (Lipinski definition) is 6. The zero-order valence-corrected chi connectivity index (χ0v) is 26.3. The highest BCUT2D eigenvalue weighted by atomic mass is 19.1. The normalized spacial score (nSPS) is 13.0. The van der Waals surface area contributed by atoms with Crippen molar-refractivity contribution in [3.8, 4) is 5.75 Å². The Balaban J connectivity index is 1.85. The number of halogens is 2. The van der Waals surface area contributed by atoms with Crippen molar-refractivity contribution in [2.24, 2.45) is 5.92 Å². The van der Waals surface area contributed by atoms with Gasteiger partial charge in [0, 0.05) is 43.4 Å². The molecule has 0 saturated heterocycles. The fourth-order valence-electron chi connectivity index (χ4n) is 5.28. The van der Waals surface area contributed by atoms with Gasteiger partial charge in [-0.25, -0.2) is 8.78 Å². The minimum Gasteiger partial charge on any atom is -0.497 e. The van der Waals surface area contributed by atoms with Crippen molar-refractivity contribution in [1.82, 2.24) is 15.5 Å². The summed E-state index contributed by atoms with van der Waals surface area (Å²) in [4.78, 5) is 40.8. The fourth-order valence-corrected chi connectivity index (χ4v) is 5.28. The molecule has 0 aliphatic carbocycles. The standard InChI is InChI=1S/C35H43F2N3O5/c1-5-10-40(11-6-2)35(44)27-13-23(3)12-26(18-27)34(43)39-32(17-25-14-29(36)19-30(37)15-25)33(42)28(22-41)21-38-20-24-8-7-9-31(16-24)45-4/h7-9,12-16,18-19,22,28,32-33,38,42H,5-6,10-11,17,20-21H2,1-4H3,(H,39,43)/t28?,32-,33+/m0/s1. The summed E-state index contributed by atoms with van der Waals surface area (Å²) in [6.45, 7) is 7.37. The largest absolute Gasteiger partial charge is 0.497 e. The van der Waals surface area contributed by atoms with Gasteiger partial charge in [-0.2, -0.15) is 0 Å². The van der Waals surface area contributed by atoms with Crippen LogP contribution in [0, 0.1) is 24.5 Å². The second-order valence-electron chi connectivity index (χ2n) is 11.2. The Morgan fingerprint density at radius 1 is 0.956 bits per heavy atom. The lowest BCUT2D eigenvalue weighted by Crippen LogP contribution is -2.50. The molecule has 0 aliphatic rings. The Morgan fingerprint density at radius 2 is 1.62 bits per heavy atom. The minimum absolute atomic E-state index is 0.0690. The summed E-state index contributed by atoms with van der Waals surface area (Å²) < 4.78 is 33.3. The molecule has 10 heteroatoms. The molecule has 0 radical (unpaired) electrons. The molecule has 45 heavy (non-hydrogen) atoms. The number of rotatable bonds is 17. The summed E-state index contributed by atoms with van der Waals surface area (Å²) in [5.74, 6) is -2.68. The van der Waals surface area contributed by atoms with Crippen LogP contribution >= 0.6 is 0 Å². The SMILES string of the molecule is CCCN(CCC)C(=O)c1cc(C)cc(C(=O)N[C@@H](Cc2cc(F)cc(F)c2)[C@H](O)C(C=O)CNCc2cccc(OC)c2)c1. The van der Waals surface area contributed by atoms with Crippen molar-refractivity contribution in [2.45, 2.75) is 58.7 Å². The summed E-state index contributed by atoms with van der Waals surface area (Å²) in [6.07, 6.45) is 0.606. The third-order valence-electron chi connectivity index (χ3n) is 7.42. The predicted molar refractivity (Wildman–Crippen MR) is 169 cm³/mol. The third kappa shape index (κ3) is 10.5. The summed E-state index contributed by atoms with van der Waals surface area (Å²) in [5, 5.41) is 17.3. The number of aliphatic hydroxyl groups is 1. The van der Waals surface area contributed by atoms with E-state index in [1.54, 1.807) is 31.1 Å². The van der Waals surface area contributed by atoms with Crippen molar-refractivity contribution >= 4 is 18.1 Å². The first-order chi connectivity index (χ1) is 21.6. The number of nitrogens with one attached hydrogen (secondary N) is 2. The van der Waals surface area contributed by atoms with Crippen LogP contribution in [0.1, 0.15) is 64.1 Å². The Bertz CT molecular complexity index is 1420. The second kappa shape index (κ2) is 17.4. The first kappa shape index (κ1) is 35.3. The number of methoxy groups -OCH3 is 1. The van der Waals surface area contributed by atoms with Crippen LogP contribution in [0.2, 0.25) is 0 Å². The van der Waals surface area contributed by atoms with E-state index in [4.69, 9.17) is 4.74 Å². The van der Waals surface area contributed by atoms with Crippen molar-refractivity contribution < 1.29 is 33.0 Å². The molecule has 0 bridgehead atoms. The molecule has 0 saturated carbocycles. The van der Waals surface area contributed by atoms with E-state index in [1.807, 2.05) is 38.1 Å². The van der Waals surface area contributed by atoms with Crippen LogP contribution in [-0.4, -0.2) is 67.0 Å². The molecule has 0 fully saturated rings. The first-order valence-electron chi connectivity index (χ1n) is 15.2. The molecule has 3 aromatic rings. The molecule has 3 N–H and O–H groups in total. The summed E-state index contributed by atoms with van der Waals surface area (Å²) in [7, 11) is 1.56. The average molecular weight is 624 g/mol. The first-order valence-corrected chi connectivity index (χ1v) is 15.2. The monoisotopic (exact) mass is 623 g/mol. The number of ether oxygens (including phenoxy) is 1. The topological polar surface area (TPSA) is 108 Å². The van der Waals surface area contributed by atoms with Crippen LogP contribution in [-0.2, 0) is 17.8 Å². The molecule has 3 rings (SSSR count). The highest BCUT2D eigenvalue weighted by Crippen LogP contribution is 2.18. The van der Waals surface area contributed by atoms with E-state index in [9.17, 15) is 28.3 Å². The summed E-state index contributed by atoms with van der Waals surface area (Å²) in [6, 6.07) is 14.1. The van der Waals surface area contributed by atoms with Crippen LogP contribution in [0.4, 0.5) is 8.78 Å². The number of aryl methyl sites for hydroxylation is 1. The molecule has 1 unspecified atom stereocenters. The number of aldehydes is 1. The van der Waals surface area contributed by atoms with E-state index < -0.39 is 35.6 Å². The van der Waals surface area contributed by atoms with Gasteiger partial charge in [0.2, 0.25) is 0 Å². The molecule has 242 valence electrons. The Hall–Kier alpha value is -4.15. The molecule has 3 atom stereocenters. The van der Waals surface area contributed by atoms with Gasteiger partial charge in [0.1, 0.15) is 23.7 Å². The zero-order valence-electron chi connectivity index (χ0n) is 26.3. The van der Waals surface area contributed by atoms with Crippen LogP contribution in [0.3, 0.4) is 0 Å². The summed E-state index contributed by atoms with van der Waals surface area (Å²) >= 11 is 0. The molecule has 0 aliphatic heterocycles. The molecule has 2 amide bonds. The molecule has 0 heterocycles. The quantitative estimate of drug-likeness (QED) is 0.186. The number of amides is 2. The van der Waals surface area contributed by atoms with Crippen molar-refractivity contribution in [2.75, 3.05) is 26.7 Å². The average Bonchev–Trinajstić information content (AvgIpc) is 3.01. The van der Waals surface area contributed by atoms with Crippen molar-refractivity contribution in [3.05, 3.63) is 100 Å². The number of nitrogens with zero attached hydrogens (tertiary/aromatic N) is 1. The van der Waals surface area contributed by atoms with E-state index in [1.165, 1.54) is 6.07 Å². The Kier molecular flexibility index (Phi) is 13.6. The van der Waals surface area contributed by atoms with Gasteiger partial charge >= 0.3 is 0 Å². The van der Waals surface area contributed by atoms with Crippen LogP contribution in [0.15, 0.2) is 60.7 Å². The maximum atomic E-state index is 14.1. The van der Waals surface area contributed by atoms with Crippen molar-refractivity contribution in [1.29, 1.82) is 0 Å². The predicted octanol–water partition coefficient (Wildman–Crippen LogP) is 4.85. The zero-order chi connectivity index (χ0) is 32.9. The highest BCUT2D eigenvalue weighted by molar-refractivity contribution is 6.00. The van der Waals surface area contributed by atoms with Gasteiger partial charge in [-0.05, 0) is 85.3 Å². The number of benzene rings is 3. The van der Waals surface area contributed by atoms with Gasteiger partial charge in [-0.1, -0.05) is 26.0 Å². The van der Waals surface area contributed by atoms with E-state index in [-0.39, 0.29) is 30.0 Å². The van der Waals surface area contributed by atoms with Crippen LogP contribution in [0.25, 0.3) is 0 Å². The van der Waals surface area contributed by atoms with E-state index >= 15 is 0 Å². The van der Waals surface area contributed by atoms with Crippen LogP contribution in [0.5, 0.6) is 5.75 Å². The molecule has 8 nitrogen and oxygen atoms in total. The number of carbonyl (C=O) groups is 3. The lowest BCUT2D eigenvalue weighted by molar-refractivity contribution is -0.114. The molecular formula is C35H43F2N3O5. The molecule has 0 spiro atoms. The smallest absolute Gasteiger partial charge is 0.253 e. The minimum atomic E-state index is -1.41. The summed E-state index contributed by atoms with van der Waals surface area (Å²) in [5.41, 5.74) is 2.33.